The molecule has 1 N–H and O–H groups in total. The lowest BCUT2D eigenvalue weighted by Crippen LogP contribution is -2.52. The van der Waals surface area contributed by atoms with Gasteiger partial charge in [0, 0.05) is 30.7 Å². The second kappa shape index (κ2) is 6.75. The van der Waals surface area contributed by atoms with Crippen LogP contribution in [0.15, 0.2) is 0 Å². The normalized spacial score (nSPS) is 28.8. The van der Waals surface area contributed by atoms with Gasteiger partial charge in [-0.15, -0.1) is 0 Å². The van der Waals surface area contributed by atoms with E-state index in [-0.39, 0.29) is 0 Å². The first-order chi connectivity index (χ1) is 8.07. The van der Waals surface area contributed by atoms with Crippen LogP contribution in [0.3, 0.4) is 0 Å². The minimum absolute atomic E-state index is 0.455. The quantitative estimate of drug-likeness (QED) is 0.810. The van der Waals surface area contributed by atoms with Gasteiger partial charge < -0.3 is 5.32 Å². The van der Waals surface area contributed by atoms with Gasteiger partial charge in [0.15, 0.2) is 0 Å². The predicted molar refractivity (Wildman–Crippen MR) is 76.5 cm³/mol. The molecule has 0 spiro atoms. The lowest BCUT2D eigenvalue weighted by molar-refractivity contribution is 0.0580. The Balaban J connectivity index is 2.72. The van der Waals surface area contributed by atoms with Gasteiger partial charge in [-0.1, -0.05) is 20.8 Å². The van der Waals surface area contributed by atoms with Gasteiger partial charge in [0.05, 0.1) is 0 Å². The van der Waals surface area contributed by atoms with E-state index < -0.39 is 0 Å². The lowest BCUT2D eigenvalue weighted by atomic mass is 9.86. The number of rotatable bonds is 4. The largest absolute Gasteiger partial charge is 0.312 e. The van der Waals surface area contributed by atoms with Crippen molar-refractivity contribution in [3.05, 3.63) is 0 Å². The highest BCUT2D eigenvalue weighted by atomic mass is 15.2. The van der Waals surface area contributed by atoms with Crippen molar-refractivity contribution in [1.82, 2.24) is 10.2 Å². The molecule has 1 heterocycles. The maximum Gasteiger partial charge on any atom is 0.0201 e. The van der Waals surface area contributed by atoms with E-state index in [2.05, 4.69) is 44.8 Å². The highest BCUT2D eigenvalue weighted by Crippen LogP contribution is 2.29. The molecule has 1 fully saturated rings. The number of hydrogen-bond acceptors (Lipinski definition) is 2. The Morgan fingerprint density at radius 2 is 1.35 bits per heavy atom. The van der Waals surface area contributed by atoms with E-state index in [1.807, 2.05) is 0 Å². The van der Waals surface area contributed by atoms with Crippen LogP contribution in [-0.4, -0.2) is 35.6 Å². The van der Waals surface area contributed by atoms with Crippen molar-refractivity contribution in [3.8, 4) is 0 Å². The van der Waals surface area contributed by atoms with Gasteiger partial charge in [0.2, 0.25) is 0 Å². The highest BCUT2D eigenvalue weighted by Gasteiger charge is 2.32. The first kappa shape index (κ1) is 15.0. The second-order valence-corrected chi connectivity index (χ2v) is 5.82. The second-order valence-electron chi connectivity index (χ2n) is 5.82. The number of hydrogen-bond donors (Lipinski definition) is 1. The summed E-state index contributed by atoms with van der Waals surface area (Å²) in [5.41, 5.74) is 0.455. The fourth-order valence-corrected chi connectivity index (χ4v) is 3.36. The van der Waals surface area contributed by atoms with Crippen molar-refractivity contribution >= 4 is 0 Å². The van der Waals surface area contributed by atoms with E-state index in [9.17, 15) is 0 Å². The first-order valence-corrected chi connectivity index (χ1v) is 7.59. The lowest BCUT2D eigenvalue weighted by Gasteiger charge is -2.45. The molecule has 2 unspecified atom stereocenters. The Labute approximate surface area is 108 Å². The SMILES string of the molecule is CCC(CC)(CC)N1CCC(C)NC(C)CC1. The van der Waals surface area contributed by atoms with E-state index in [4.69, 9.17) is 0 Å². The van der Waals surface area contributed by atoms with Crippen LogP contribution >= 0.6 is 0 Å². The van der Waals surface area contributed by atoms with Gasteiger partial charge in [-0.3, -0.25) is 4.90 Å². The summed E-state index contributed by atoms with van der Waals surface area (Å²) in [7, 11) is 0. The van der Waals surface area contributed by atoms with Crippen LogP contribution in [0.5, 0.6) is 0 Å². The molecule has 0 amide bonds. The molecule has 2 atom stereocenters. The predicted octanol–water partition coefficient (Wildman–Crippen LogP) is 3.42. The molecule has 2 heteroatoms. The van der Waals surface area contributed by atoms with Crippen LogP contribution in [0.4, 0.5) is 0 Å². The summed E-state index contributed by atoms with van der Waals surface area (Å²) in [6.07, 6.45) is 6.43. The fourth-order valence-electron chi connectivity index (χ4n) is 3.36. The molecule has 0 saturated carbocycles. The van der Waals surface area contributed by atoms with Crippen molar-refractivity contribution in [2.24, 2.45) is 0 Å². The third-order valence-corrected chi connectivity index (χ3v) is 4.88. The number of nitrogens with one attached hydrogen (secondary N) is 1. The zero-order valence-electron chi connectivity index (χ0n) is 12.6. The van der Waals surface area contributed by atoms with Gasteiger partial charge in [0.25, 0.3) is 0 Å². The maximum absolute atomic E-state index is 3.68. The zero-order chi connectivity index (χ0) is 12.9. The molecule has 1 rings (SSSR count). The van der Waals surface area contributed by atoms with Gasteiger partial charge in [0.1, 0.15) is 0 Å². The summed E-state index contributed by atoms with van der Waals surface area (Å²) in [4.78, 5) is 2.78. The molecular weight excluding hydrogens is 208 g/mol. The topological polar surface area (TPSA) is 15.3 Å². The van der Waals surface area contributed by atoms with E-state index in [0.717, 1.165) is 0 Å². The minimum atomic E-state index is 0.455. The van der Waals surface area contributed by atoms with Crippen LogP contribution in [0.2, 0.25) is 0 Å². The third-order valence-electron chi connectivity index (χ3n) is 4.88. The van der Waals surface area contributed by atoms with Crippen LogP contribution in [0, 0.1) is 0 Å². The molecule has 1 aliphatic rings. The molecule has 0 aromatic heterocycles. The summed E-state index contributed by atoms with van der Waals surface area (Å²) >= 11 is 0. The molecule has 0 radical (unpaired) electrons. The molecule has 1 aliphatic heterocycles. The summed E-state index contributed by atoms with van der Waals surface area (Å²) in [5.74, 6) is 0. The van der Waals surface area contributed by atoms with Gasteiger partial charge in [-0.25, -0.2) is 0 Å². The van der Waals surface area contributed by atoms with Gasteiger partial charge in [-0.2, -0.15) is 0 Å². The Bertz CT molecular complexity index is 191. The molecule has 1 saturated heterocycles. The van der Waals surface area contributed by atoms with Crippen molar-refractivity contribution in [1.29, 1.82) is 0 Å². The minimum Gasteiger partial charge on any atom is -0.312 e. The Morgan fingerprint density at radius 3 is 1.71 bits per heavy atom. The van der Waals surface area contributed by atoms with Crippen LogP contribution in [0.25, 0.3) is 0 Å². The summed E-state index contributed by atoms with van der Waals surface area (Å²) in [5, 5.41) is 3.68. The van der Waals surface area contributed by atoms with E-state index in [1.54, 1.807) is 0 Å². The molecular formula is C15H32N2. The van der Waals surface area contributed by atoms with Gasteiger partial charge >= 0.3 is 0 Å². The summed E-state index contributed by atoms with van der Waals surface area (Å²) < 4.78 is 0. The molecule has 0 aromatic carbocycles. The highest BCUT2D eigenvalue weighted by molar-refractivity contribution is 4.89. The van der Waals surface area contributed by atoms with Crippen molar-refractivity contribution in [2.45, 2.75) is 84.3 Å². The Kier molecular flexibility index (Phi) is 5.94. The van der Waals surface area contributed by atoms with Crippen LogP contribution in [-0.2, 0) is 0 Å². The zero-order valence-corrected chi connectivity index (χ0v) is 12.6. The average molecular weight is 240 g/mol. The van der Waals surface area contributed by atoms with Crippen molar-refractivity contribution in [2.75, 3.05) is 13.1 Å². The standard InChI is InChI=1S/C15H32N2/c1-6-15(7-2,8-3)17-11-9-13(4)16-14(5)10-12-17/h13-14,16H,6-12H2,1-5H3. The molecule has 0 aromatic rings. The van der Waals surface area contributed by atoms with E-state index in [0.29, 0.717) is 17.6 Å². The molecule has 102 valence electrons. The Morgan fingerprint density at radius 1 is 0.941 bits per heavy atom. The first-order valence-electron chi connectivity index (χ1n) is 7.59. The summed E-state index contributed by atoms with van der Waals surface area (Å²) in [6, 6.07) is 1.33. The number of nitrogens with zero attached hydrogens (tertiary/aromatic N) is 1. The molecule has 0 bridgehead atoms. The molecule has 2 nitrogen and oxygen atoms in total. The van der Waals surface area contributed by atoms with Crippen LogP contribution in [0.1, 0.15) is 66.7 Å². The van der Waals surface area contributed by atoms with E-state index in [1.165, 1.54) is 45.2 Å². The Hall–Kier alpha value is -0.0800. The van der Waals surface area contributed by atoms with E-state index >= 15 is 0 Å². The fraction of sp³-hybridized carbons (Fsp3) is 1.00. The maximum atomic E-state index is 3.68. The monoisotopic (exact) mass is 240 g/mol. The van der Waals surface area contributed by atoms with Gasteiger partial charge in [-0.05, 0) is 46.0 Å². The molecule has 0 aliphatic carbocycles. The smallest absolute Gasteiger partial charge is 0.0201 e. The summed E-state index contributed by atoms with van der Waals surface area (Å²) in [6.45, 7) is 14.2. The van der Waals surface area contributed by atoms with Crippen molar-refractivity contribution < 1.29 is 0 Å². The van der Waals surface area contributed by atoms with Crippen molar-refractivity contribution in [3.63, 3.8) is 0 Å². The average Bonchev–Trinajstić information content (AvgIpc) is 2.32. The van der Waals surface area contributed by atoms with Crippen LogP contribution < -0.4 is 5.32 Å². The third kappa shape index (κ3) is 3.69. The molecule has 17 heavy (non-hydrogen) atoms.